The van der Waals surface area contributed by atoms with Crippen molar-refractivity contribution in [2.45, 2.75) is 19.4 Å². The minimum atomic E-state index is -0.256. The van der Waals surface area contributed by atoms with Crippen molar-refractivity contribution in [3.8, 4) is 0 Å². The van der Waals surface area contributed by atoms with Gasteiger partial charge in [-0.2, -0.15) is 5.10 Å². The molecule has 1 saturated heterocycles. The second-order valence-corrected chi connectivity index (χ2v) is 6.56. The third-order valence-electron chi connectivity index (χ3n) is 4.56. The molecule has 0 radical (unpaired) electrons. The number of likely N-dealkylation sites (N-methyl/N-ethyl adjacent to an activating group) is 1. The van der Waals surface area contributed by atoms with E-state index in [-0.39, 0.29) is 17.7 Å². The Balaban J connectivity index is 1.52. The maximum absolute atomic E-state index is 12.6. The van der Waals surface area contributed by atoms with Gasteiger partial charge >= 0.3 is 0 Å². The number of likely N-dealkylation sites (tertiary alicyclic amines) is 1. The van der Waals surface area contributed by atoms with E-state index >= 15 is 0 Å². The summed E-state index contributed by atoms with van der Waals surface area (Å²) in [6.45, 7) is 1.64. The van der Waals surface area contributed by atoms with Gasteiger partial charge in [-0.3, -0.25) is 19.3 Å². The molecule has 1 atom stereocenters. The first-order chi connectivity index (χ1) is 12.0. The first-order valence-corrected chi connectivity index (χ1v) is 8.42. The number of carbonyl (C=O) groups is 2. The fraction of sp³-hybridized carbons (Fsp3) is 0.444. The van der Waals surface area contributed by atoms with Crippen LogP contribution < -0.4 is 0 Å². The van der Waals surface area contributed by atoms with Crippen molar-refractivity contribution in [2.75, 3.05) is 20.1 Å². The lowest BCUT2D eigenvalue weighted by atomic mass is 10.1. The zero-order chi connectivity index (χ0) is 17.8. The molecule has 0 saturated carbocycles. The fourth-order valence-corrected chi connectivity index (χ4v) is 3.12. The van der Waals surface area contributed by atoms with Crippen molar-refractivity contribution in [1.82, 2.24) is 24.6 Å². The molecular formula is C18H23N5O2. The molecule has 3 heterocycles. The summed E-state index contributed by atoms with van der Waals surface area (Å²) < 4.78 is 1.75. The van der Waals surface area contributed by atoms with Gasteiger partial charge in [0.1, 0.15) is 0 Å². The van der Waals surface area contributed by atoms with Crippen LogP contribution in [-0.2, 0) is 29.6 Å². The summed E-state index contributed by atoms with van der Waals surface area (Å²) >= 11 is 0. The molecule has 1 fully saturated rings. The first-order valence-electron chi connectivity index (χ1n) is 8.42. The highest BCUT2D eigenvalue weighted by atomic mass is 16.2. The average molecular weight is 341 g/mol. The summed E-state index contributed by atoms with van der Waals surface area (Å²) in [6.07, 6.45) is 8.25. The molecule has 1 unspecified atom stereocenters. The molecule has 7 heteroatoms. The quantitative estimate of drug-likeness (QED) is 0.781. The van der Waals surface area contributed by atoms with Crippen molar-refractivity contribution < 1.29 is 9.59 Å². The zero-order valence-corrected chi connectivity index (χ0v) is 14.6. The van der Waals surface area contributed by atoms with E-state index in [0.29, 0.717) is 26.1 Å². The number of aryl methyl sites for hydroxylation is 1. The van der Waals surface area contributed by atoms with Crippen molar-refractivity contribution in [3.05, 3.63) is 48.0 Å². The van der Waals surface area contributed by atoms with Gasteiger partial charge in [0.2, 0.25) is 11.8 Å². The molecular weight excluding hydrogens is 318 g/mol. The SMILES string of the molecule is CN(CCc1cnn(C)c1)C(=O)C1CC(=O)N(Cc2ccncc2)C1. The van der Waals surface area contributed by atoms with Crippen LogP contribution in [0.1, 0.15) is 17.5 Å². The smallest absolute Gasteiger partial charge is 0.227 e. The first kappa shape index (κ1) is 17.1. The molecule has 0 spiro atoms. The fourth-order valence-electron chi connectivity index (χ4n) is 3.12. The molecule has 1 aliphatic heterocycles. The Morgan fingerprint density at radius 3 is 2.76 bits per heavy atom. The maximum atomic E-state index is 12.6. The maximum Gasteiger partial charge on any atom is 0.227 e. The lowest BCUT2D eigenvalue weighted by Gasteiger charge is -2.21. The molecule has 2 aromatic heterocycles. The minimum absolute atomic E-state index is 0.0365. The number of hydrogen-bond donors (Lipinski definition) is 0. The Morgan fingerprint density at radius 2 is 2.08 bits per heavy atom. The predicted molar refractivity (Wildman–Crippen MR) is 92.3 cm³/mol. The number of rotatable bonds is 6. The van der Waals surface area contributed by atoms with Crippen LogP contribution in [0.3, 0.4) is 0 Å². The molecule has 2 amide bonds. The van der Waals surface area contributed by atoms with E-state index in [2.05, 4.69) is 10.1 Å². The largest absolute Gasteiger partial charge is 0.345 e. The summed E-state index contributed by atoms with van der Waals surface area (Å²) in [5.74, 6) is -0.182. The van der Waals surface area contributed by atoms with Crippen LogP contribution in [0.15, 0.2) is 36.9 Å². The Morgan fingerprint density at radius 1 is 1.32 bits per heavy atom. The number of aromatic nitrogens is 3. The van der Waals surface area contributed by atoms with Crippen LogP contribution in [0.2, 0.25) is 0 Å². The van der Waals surface area contributed by atoms with E-state index in [1.165, 1.54) is 0 Å². The van der Waals surface area contributed by atoms with E-state index in [1.807, 2.05) is 31.6 Å². The van der Waals surface area contributed by atoms with Crippen molar-refractivity contribution in [2.24, 2.45) is 13.0 Å². The van der Waals surface area contributed by atoms with Crippen LogP contribution in [-0.4, -0.2) is 56.5 Å². The molecule has 1 aliphatic rings. The summed E-state index contributed by atoms with van der Waals surface area (Å²) in [5.41, 5.74) is 2.13. The van der Waals surface area contributed by atoms with Gasteiger partial charge in [-0.25, -0.2) is 0 Å². The Kier molecular flexibility index (Phi) is 5.11. The monoisotopic (exact) mass is 341 g/mol. The van der Waals surface area contributed by atoms with Crippen molar-refractivity contribution in [3.63, 3.8) is 0 Å². The normalized spacial score (nSPS) is 17.1. The van der Waals surface area contributed by atoms with Crippen LogP contribution in [0, 0.1) is 5.92 Å². The van der Waals surface area contributed by atoms with Crippen LogP contribution in [0.5, 0.6) is 0 Å². The second-order valence-electron chi connectivity index (χ2n) is 6.56. The number of nitrogens with zero attached hydrogens (tertiary/aromatic N) is 5. The summed E-state index contributed by atoms with van der Waals surface area (Å²) in [7, 11) is 3.68. The lowest BCUT2D eigenvalue weighted by molar-refractivity contribution is -0.134. The van der Waals surface area contributed by atoms with Crippen LogP contribution >= 0.6 is 0 Å². The highest BCUT2D eigenvalue weighted by molar-refractivity contribution is 5.89. The molecule has 2 aromatic rings. The van der Waals surface area contributed by atoms with Crippen LogP contribution in [0.25, 0.3) is 0 Å². The van der Waals surface area contributed by atoms with E-state index in [4.69, 9.17) is 0 Å². The van der Waals surface area contributed by atoms with E-state index in [9.17, 15) is 9.59 Å². The van der Waals surface area contributed by atoms with Gasteiger partial charge in [0.25, 0.3) is 0 Å². The molecule has 25 heavy (non-hydrogen) atoms. The van der Waals surface area contributed by atoms with Gasteiger partial charge in [0.15, 0.2) is 0 Å². The topological polar surface area (TPSA) is 71.3 Å². The molecule has 0 aromatic carbocycles. The van der Waals surface area contributed by atoms with Gasteiger partial charge in [-0.15, -0.1) is 0 Å². The molecule has 132 valence electrons. The zero-order valence-electron chi connectivity index (χ0n) is 14.6. The summed E-state index contributed by atoms with van der Waals surface area (Å²) in [5, 5.41) is 4.13. The summed E-state index contributed by atoms with van der Waals surface area (Å²) in [4.78, 5) is 32.3. The van der Waals surface area contributed by atoms with Crippen LogP contribution in [0.4, 0.5) is 0 Å². The molecule has 0 N–H and O–H groups in total. The average Bonchev–Trinajstić information content (AvgIpc) is 3.19. The number of hydrogen-bond acceptors (Lipinski definition) is 4. The summed E-state index contributed by atoms with van der Waals surface area (Å²) in [6, 6.07) is 3.78. The molecule has 0 bridgehead atoms. The van der Waals surface area contributed by atoms with Gasteiger partial charge in [-0.05, 0) is 29.7 Å². The molecule has 7 nitrogen and oxygen atoms in total. The standard InChI is InChI=1S/C18H23N5O2/c1-21(8-5-15-10-20-22(2)11-15)18(25)16-9-17(24)23(13-16)12-14-3-6-19-7-4-14/h3-4,6-7,10-11,16H,5,8-9,12-13H2,1-2H3. The van der Waals surface area contributed by atoms with E-state index in [0.717, 1.165) is 17.5 Å². The minimum Gasteiger partial charge on any atom is -0.345 e. The highest BCUT2D eigenvalue weighted by Gasteiger charge is 2.35. The van der Waals surface area contributed by atoms with Crippen molar-refractivity contribution in [1.29, 1.82) is 0 Å². The molecule has 3 rings (SSSR count). The van der Waals surface area contributed by atoms with Crippen molar-refractivity contribution >= 4 is 11.8 Å². The van der Waals surface area contributed by atoms with Gasteiger partial charge in [0, 0.05) is 58.7 Å². The molecule has 0 aliphatic carbocycles. The van der Waals surface area contributed by atoms with E-state index in [1.54, 1.807) is 33.9 Å². The number of carbonyl (C=O) groups excluding carboxylic acids is 2. The number of amides is 2. The lowest BCUT2D eigenvalue weighted by Crippen LogP contribution is -2.35. The Bertz CT molecular complexity index is 743. The Labute approximate surface area is 147 Å². The van der Waals surface area contributed by atoms with Gasteiger partial charge in [0.05, 0.1) is 12.1 Å². The highest BCUT2D eigenvalue weighted by Crippen LogP contribution is 2.22. The Hall–Kier alpha value is -2.70. The van der Waals surface area contributed by atoms with E-state index < -0.39 is 0 Å². The predicted octanol–water partition coefficient (Wildman–Crippen LogP) is 0.865. The second kappa shape index (κ2) is 7.46. The third kappa shape index (κ3) is 4.23. The van der Waals surface area contributed by atoms with Gasteiger partial charge < -0.3 is 9.80 Å². The number of pyridine rings is 1. The third-order valence-corrected chi connectivity index (χ3v) is 4.56. The van der Waals surface area contributed by atoms with Gasteiger partial charge in [-0.1, -0.05) is 0 Å².